The van der Waals surface area contributed by atoms with E-state index in [0.717, 1.165) is 54.4 Å². The van der Waals surface area contributed by atoms with Gasteiger partial charge in [-0.2, -0.15) is 0 Å². The molecular weight excluding hydrogens is 336 g/mol. The van der Waals surface area contributed by atoms with Crippen molar-refractivity contribution < 1.29 is 4.74 Å². The summed E-state index contributed by atoms with van der Waals surface area (Å²) >= 11 is 0. The molecule has 0 bridgehead atoms. The van der Waals surface area contributed by atoms with Gasteiger partial charge in [0.25, 0.3) is 0 Å². The second-order valence-electron chi connectivity index (χ2n) is 6.54. The van der Waals surface area contributed by atoms with E-state index in [1.807, 2.05) is 48.5 Å². The van der Waals surface area contributed by atoms with Gasteiger partial charge in [-0.1, -0.05) is 24.3 Å². The van der Waals surface area contributed by atoms with Gasteiger partial charge in [0.05, 0.1) is 24.6 Å². The number of morpholine rings is 1. The van der Waals surface area contributed by atoms with Crippen molar-refractivity contribution >= 4 is 17.1 Å². The molecular formula is C22H22N4O. The molecule has 1 aromatic heterocycles. The summed E-state index contributed by atoms with van der Waals surface area (Å²) in [5.74, 6) is 0. The summed E-state index contributed by atoms with van der Waals surface area (Å²) in [6.45, 7) is 3.21. The lowest BCUT2D eigenvalue weighted by molar-refractivity contribution is 0.122. The highest BCUT2D eigenvalue weighted by Gasteiger charge is 2.15. The van der Waals surface area contributed by atoms with Crippen molar-refractivity contribution in [1.29, 1.82) is 5.41 Å². The Kier molecular flexibility index (Phi) is 4.85. The Bertz CT molecular complexity index is 950. The number of rotatable bonds is 4. The van der Waals surface area contributed by atoms with Gasteiger partial charge in [-0.25, -0.2) is 0 Å². The fourth-order valence-electron chi connectivity index (χ4n) is 3.30. The molecule has 27 heavy (non-hydrogen) atoms. The Labute approximate surface area is 158 Å². The van der Waals surface area contributed by atoms with E-state index in [2.05, 4.69) is 22.0 Å². The van der Waals surface area contributed by atoms with E-state index in [9.17, 15) is 0 Å². The standard InChI is InChI=1S/C22H22N4O/c23-20-8-7-16(21-6-1-2-9-25-21)15-19(20)22(24)17-4-3-5-18(14-17)26-10-12-27-13-11-26/h1-9,14-15,24H,10-13,23H2. The number of hydrogen-bond donors (Lipinski definition) is 2. The fraction of sp³-hybridized carbons (Fsp3) is 0.182. The quantitative estimate of drug-likeness (QED) is 0.552. The molecule has 0 amide bonds. The molecule has 2 aromatic carbocycles. The zero-order chi connectivity index (χ0) is 18.6. The molecule has 1 saturated heterocycles. The highest BCUT2D eigenvalue weighted by Crippen LogP contribution is 2.26. The fourth-order valence-corrected chi connectivity index (χ4v) is 3.30. The van der Waals surface area contributed by atoms with E-state index in [1.54, 1.807) is 6.20 Å². The van der Waals surface area contributed by atoms with Crippen LogP contribution in [0.15, 0.2) is 66.9 Å². The van der Waals surface area contributed by atoms with Crippen LogP contribution in [0, 0.1) is 5.41 Å². The Morgan fingerprint density at radius 2 is 1.85 bits per heavy atom. The van der Waals surface area contributed by atoms with Gasteiger partial charge < -0.3 is 15.4 Å². The molecule has 0 spiro atoms. The SMILES string of the molecule is N=C(c1cccc(N2CCOCC2)c1)c1cc(-c2ccccn2)ccc1N. The number of nitrogen functional groups attached to an aromatic ring is 1. The average Bonchev–Trinajstić information content (AvgIpc) is 2.75. The first-order chi connectivity index (χ1) is 13.2. The molecule has 5 heteroatoms. The van der Waals surface area contributed by atoms with E-state index >= 15 is 0 Å². The third-order valence-electron chi connectivity index (χ3n) is 4.79. The van der Waals surface area contributed by atoms with Crippen LogP contribution in [0.3, 0.4) is 0 Å². The molecule has 3 aromatic rings. The first-order valence-electron chi connectivity index (χ1n) is 9.05. The number of anilines is 2. The van der Waals surface area contributed by atoms with Gasteiger partial charge in [0.2, 0.25) is 0 Å². The normalized spacial score (nSPS) is 14.1. The van der Waals surface area contributed by atoms with Crippen molar-refractivity contribution in [3.63, 3.8) is 0 Å². The molecule has 0 radical (unpaired) electrons. The summed E-state index contributed by atoms with van der Waals surface area (Å²) < 4.78 is 5.43. The first kappa shape index (κ1) is 17.2. The number of benzene rings is 2. The predicted octanol–water partition coefficient (Wildman–Crippen LogP) is 3.58. The van der Waals surface area contributed by atoms with Crippen LogP contribution in [0.25, 0.3) is 11.3 Å². The van der Waals surface area contributed by atoms with Crippen molar-refractivity contribution in [2.75, 3.05) is 36.9 Å². The van der Waals surface area contributed by atoms with Gasteiger partial charge in [-0.3, -0.25) is 10.4 Å². The Morgan fingerprint density at radius 1 is 1.00 bits per heavy atom. The maximum absolute atomic E-state index is 8.74. The van der Waals surface area contributed by atoms with Crippen LogP contribution < -0.4 is 10.6 Å². The van der Waals surface area contributed by atoms with Crippen molar-refractivity contribution in [2.24, 2.45) is 0 Å². The van der Waals surface area contributed by atoms with E-state index in [1.165, 1.54) is 0 Å². The van der Waals surface area contributed by atoms with Gasteiger partial charge in [-0.15, -0.1) is 0 Å². The number of nitrogens with zero attached hydrogens (tertiary/aromatic N) is 2. The van der Waals surface area contributed by atoms with Gasteiger partial charge >= 0.3 is 0 Å². The van der Waals surface area contributed by atoms with Gasteiger partial charge in [0.1, 0.15) is 0 Å². The van der Waals surface area contributed by atoms with E-state index in [-0.39, 0.29) is 0 Å². The maximum atomic E-state index is 8.74. The summed E-state index contributed by atoms with van der Waals surface area (Å²) in [7, 11) is 0. The Balaban J connectivity index is 1.66. The summed E-state index contributed by atoms with van der Waals surface area (Å²) in [5.41, 5.74) is 11.7. The van der Waals surface area contributed by atoms with E-state index in [4.69, 9.17) is 15.9 Å². The van der Waals surface area contributed by atoms with Crippen LogP contribution >= 0.6 is 0 Å². The summed E-state index contributed by atoms with van der Waals surface area (Å²) in [5, 5.41) is 8.74. The lowest BCUT2D eigenvalue weighted by atomic mass is 9.97. The number of nitrogens with one attached hydrogen (secondary N) is 1. The van der Waals surface area contributed by atoms with Crippen molar-refractivity contribution in [3.8, 4) is 11.3 Å². The molecule has 0 saturated carbocycles. The zero-order valence-corrected chi connectivity index (χ0v) is 15.1. The van der Waals surface area contributed by atoms with E-state index < -0.39 is 0 Å². The first-order valence-corrected chi connectivity index (χ1v) is 9.05. The molecule has 136 valence electrons. The lowest BCUT2D eigenvalue weighted by Crippen LogP contribution is -2.36. The summed E-state index contributed by atoms with van der Waals surface area (Å²) in [6.07, 6.45) is 1.77. The summed E-state index contributed by atoms with van der Waals surface area (Å²) in [4.78, 5) is 6.68. The maximum Gasteiger partial charge on any atom is 0.0706 e. The zero-order valence-electron chi connectivity index (χ0n) is 15.1. The molecule has 0 unspecified atom stereocenters. The van der Waals surface area contributed by atoms with Gasteiger partial charge in [0.15, 0.2) is 0 Å². The van der Waals surface area contributed by atoms with Crippen LogP contribution in [-0.4, -0.2) is 37.0 Å². The molecule has 0 aliphatic carbocycles. The van der Waals surface area contributed by atoms with Crippen molar-refractivity contribution in [1.82, 2.24) is 4.98 Å². The third kappa shape index (κ3) is 3.68. The smallest absolute Gasteiger partial charge is 0.0706 e. The topological polar surface area (TPSA) is 75.2 Å². The number of pyridine rings is 1. The minimum Gasteiger partial charge on any atom is -0.398 e. The molecule has 1 fully saturated rings. The average molecular weight is 358 g/mol. The van der Waals surface area contributed by atoms with Gasteiger partial charge in [0, 0.05) is 47.4 Å². The van der Waals surface area contributed by atoms with Crippen LogP contribution in [-0.2, 0) is 4.74 Å². The molecule has 1 aliphatic rings. The lowest BCUT2D eigenvalue weighted by Gasteiger charge is -2.29. The Hall–Kier alpha value is -3.18. The molecule has 2 heterocycles. The minimum atomic E-state index is 0.417. The molecule has 4 rings (SSSR count). The number of nitrogens with two attached hydrogens (primary N) is 1. The second-order valence-corrected chi connectivity index (χ2v) is 6.54. The highest BCUT2D eigenvalue weighted by molar-refractivity contribution is 6.14. The largest absolute Gasteiger partial charge is 0.398 e. The molecule has 0 atom stereocenters. The predicted molar refractivity (Wildman–Crippen MR) is 109 cm³/mol. The molecule has 1 aliphatic heterocycles. The van der Waals surface area contributed by atoms with Crippen LogP contribution in [0.4, 0.5) is 11.4 Å². The number of hydrogen-bond acceptors (Lipinski definition) is 5. The van der Waals surface area contributed by atoms with E-state index in [0.29, 0.717) is 11.4 Å². The van der Waals surface area contributed by atoms with Crippen LogP contribution in [0.2, 0.25) is 0 Å². The van der Waals surface area contributed by atoms with Crippen LogP contribution in [0.5, 0.6) is 0 Å². The summed E-state index contributed by atoms with van der Waals surface area (Å²) in [6, 6.07) is 19.6. The van der Waals surface area contributed by atoms with Gasteiger partial charge in [-0.05, 0) is 36.4 Å². The highest BCUT2D eigenvalue weighted by atomic mass is 16.5. The molecule has 3 N–H and O–H groups in total. The van der Waals surface area contributed by atoms with Crippen LogP contribution in [0.1, 0.15) is 11.1 Å². The molecule has 5 nitrogen and oxygen atoms in total. The number of aromatic nitrogens is 1. The monoisotopic (exact) mass is 358 g/mol. The van der Waals surface area contributed by atoms with Crippen molar-refractivity contribution in [3.05, 3.63) is 78.0 Å². The third-order valence-corrected chi connectivity index (χ3v) is 4.79. The second kappa shape index (κ2) is 7.60. The minimum absolute atomic E-state index is 0.417. The Morgan fingerprint density at radius 3 is 2.63 bits per heavy atom. The van der Waals surface area contributed by atoms with Crippen molar-refractivity contribution in [2.45, 2.75) is 0 Å². The number of ether oxygens (including phenoxy) is 1.